The first kappa shape index (κ1) is 14.6. The summed E-state index contributed by atoms with van der Waals surface area (Å²) in [5, 5.41) is 0. The molecule has 0 fully saturated rings. The van der Waals surface area contributed by atoms with Crippen LogP contribution in [0.5, 0.6) is 0 Å². The van der Waals surface area contributed by atoms with Gasteiger partial charge in [0, 0.05) is 0 Å². The van der Waals surface area contributed by atoms with Gasteiger partial charge in [-0.05, 0) is 0 Å². The predicted octanol–water partition coefficient (Wildman–Crippen LogP) is 3.65. The number of hydrogen-bond acceptors (Lipinski definition) is 1. The second-order valence-electron chi connectivity index (χ2n) is 5.01. The van der Waals surface area contributed by atoms with Gasteiger partial charge in [-0.3, -0.25) is 0 Å². The number of aldehydes is 1. The molecule has 1 nitrogen and oxygen atoms in total. The number of carbonyl (C=O) groups excluding carboxylic acids is 1. The molecule has 1 aliphatic rings. The summed E-state index contributed by atoms with van der Waals surface area (Å²) in [6.07, 6.45) is 3.26. The number of carbonyl (C=O) groups is 1. The molecule has 0 saturated heterocycles. The summed E-state index contributed by atoms with van der Waals surface area (Å²) >= 11 is 5.50. The Labute approximate surface area is 114 Å². The minimum atomic E-state index is -0.343. The molecule has 1 heterocycles. The Balaban J connectivity index is 2.91. The first-order chi connectivity index (χ1) is 7.46. The van der Waals surface area contributed by atoms with Gasteiger partial charge >= 0.3 is 115 Å². The zero-order valence-electron chi connectivity index (χ0n) is 10.5. The summed E-state index contributed by atoms with van der Waals surface area (Å²) in [6, 6.07) is 0. The molecule has 0 aliphatic carbocycles. The summed E-state index contributed by atoms with van der Waals surface area (Å²) in [7, 11) is 0. The summed E-state index contributed by atoms with van der Waals surface area (Å²) in [5.41, 5.74) is 1.48. The van der Waals surface area contributed by atoms with Crippen molar-refractivity contribution in [3.05, 3.63) is 9.19 Å². The Morgan fingerprint density at radius 3 is 2.62 bits per heavy atom. The van der Waals surface area contributed by atoms with E-state index >= 15 is 0 Å². The Hall–Kier alpha value is 0.490. The van der Waals surface area contributed by atoms with Crippen LogP contribution in [0.25, 0.3) is 0 Å². The van der Waals surface area contributed by atoms with E-state index in [4.69, 9.17) is 11.6 Å². The molecular weight excluding hydrogens is 335 g/mol. The van der Waals surface area contributed by atoms with Crippen LogP contribution in [0.1, 0.15) is 40.5 Å². The van der Waals surface area contributed by atoms with Gasteiger partial charge < -0.3 is 0 Å². The molecule has 16 heavy (non-hydrogen) atoms. The van der Waals surface area contributed by atoms with Crippen molar-refractivity contribution in [1.82, 2.24) is 0 Å². The van der Waals surface area contributed by atoms with Crippen LogP contribution in [-0.2, 0) is 4.79 Å². The standard InChI is InChI=1S/C13H21ClOTe/c1-9(2)7-13(8-15)10(3)12(5-6-14)11(4)16-13/h8-10H,5-7H2,1-4H3. The van der Waals surface area contributed by atoms with Gasteiger partial charge in [0.2, 0.25) is 0 Å². The number of halogens is 1. The van der Waals surface area contributed by atoms with Gasteiger partial charge in [0.05, 0.1) is 0 Å². The third-order valence-electron chi connectivity index (χ3n) is 3.34. The average molecular weight is 356 g/mol. The van der Waals surface area contributed by atoms with Crippen LogP contribution in [-0.4, -0.2) is 33.1 Å². The predicted molar refractivity (Wildman–Crippen MR) is 71.2 cm³/mol. The fourth-order valence-electron chi connectivity index (χ4n) is 2.56. The van der Waals surface area contributed by atoms with Crippen LogP contribution in [0.2, 0.25) is 3.46 Å². The third kappa shape index (κ3) is 2.84. The van der Waals surface area contributed by atoms with E-state index in [2.05, 4.69) is 27.7 Å². The SMILES string of the molecule is CC1=C(CCCl)C(C)C(C=O)(CC(C)C)[Te]1. The van der Waals surface area contributed by atoms with Crippen LogP contribution in [0.3, 0.4) is 0 Å². The van der Waals surface area contributed by atoms with Gasteiger partial charge in [0.25, 0.3) is 0 Å². The first-order valence-electron chi connectivity index (χ1n) is 5.87. The van der Waals surface area contributed by atoms with E-state index in [-0.39, 0.29) is 24.4 Å². The molecule has 2 unspecified atom stereocenters. The first-order valence-corrected chi connectivity index (χ1v) is 8.74. The third-order valence-corrected chi connectivity index (χ3v) is 8.00. The molecule has 0 saturated carbocycles. The maximum absolute atomic E-state index is 11.5. The molecular formula is C13H21ClOTe. The van der Waals surface area contributed by atoms with Crippen molar-refractivity contribution >= 4 is 38.8 Å². The molecule has 0 aromatic heterocycles. The van der Waals surface area contributed by atoms with Gasteiger partial charge in [-0.1, -0.05) is 0 Å². The van der Waals surface area contributed by atoms with E-state index in [0.717, 1.165) is 12.8 Å². The Kier molecular flexibility index (Phi) is 5.36. The average Bonchev–Trinajstić information content (AvgIpc) is 2.43. The van der Waals surface area contributed by atoms with E-state index in [0.29, 0.717) is 17.7 Å². The van der Waals surface area contributed by atoms with Crippen molar-refractivity contribution in [2.75, 3.05) is 5.88 Å². The second kappa shape index (κ2) is 5.89. The van der Waals surface area contributed by atoms with Crippen LogP contribution in [0.4, 0.5) is 0 Å². The number of allylic oxidation sites excluding steroid dienone is 2. The maximum atomic E-state index is 11.5. The van der Waals surface area contributed by atoms with Gasteiger partial charge in [0.15, 0.2) is 0 Å². The monoisotopic (exact) mass is 358 g/mol. The Morgan fingerprint density at radius 2 is 2.19 bits per heavy atom. The minimum absolute atomic E-state index is 0.0231. The zero-order valence-corrected chi connectivity index (χ0v) is 13.6. The van der Waals surface area contributed by atoms with Gasteiger partial charge in [-0.2, -0.15) is 0 Å². The molecule has 0 aromatic carbocycles. The molecule has 0 aromatic rings. The molecule has 1 aliphatic heterocycles. The molecule has 0 radical (unpaired) electrons. The van der Waals surface area contributed by atoms with Crippen LogP contribution >= 0.6 is 11.6 Å². The van der Waals surface area contributed by atoms with Crippen molar-refractivity contribution in [1.29, 1.82) is 0 Å². The van der Waals surface area contributed by atoms with Crippen molar-refractivity contribution < 1.29 is 4.79 Å². The number of rotatable bonds is 5. The Bertz CT molecular complexity index is 298. The molecule has 92 valence electrons. The van der Waals surface area contributed by atoms with E-state index in [1.807, 2.05) is 0 Å². The van der Waals surface area contributed by atoms with E-state index in [1.54, 1.807) is 0 Å². The van der Waals surface area contributed by atoms with Crippen molar-refractivity contribution in [2.45, 2.75) is 44.0 Å². The van der Waals surface area contributed by atoms with Crippen molar-refractivity contribution in [2.24, 2.45) is 11.8 Å². The van der Waals surface area contributed by atoms with Gasteiger partial charge in [0.1, 0.15) is 0 Å². The molecule has 3 heteroatoms. The summed E-state index contributed by atoms with van der Waals surface area (Å²) in [6.45, 7) is 8.85. The summed E-state index contributed by atoms with van der Waals surface area (Å²) < 4.78 is 1.50. The number of alkyl halides is 1. The molecule has 2 atom stereocenters. The Morgan fingerprint density at radius 1 is 1.56 bits per heavy atom. The zero-order chi connectivity index (χ0) is 12.3. The van der Waals surface area contributed by atoms with E-state index in [1.165, 1.54) is 15.5 Å². The fourth-order valence-corrected chi connectivity index (χ4v) is 7.80. The van der Waals surface area contributed by atoms with Gasteiger partial charge in [-0.25, -0.2) is 0 Å². The second-order valence-corrected chi connectivity index (χ2v) is 9.89. The van der Waals surface area contributed by atoms with Gasteiger partial charge in [-0.15, -0.1) is 0 Å². The summed E-state index contributed by atoms with van der Waals surface area (Å²) in [5.74, 6) is 1.70. The normalized spacial score (nSPS) is 30.2. The molecule has 0 spiro atoms. The topological polar surface area (TPSA) is 17.1 Å². The van der Waals surface area contributed by atoms with Crippen molar-refractivity contribution in [3.63, 3.8) is 0 Å². The molecule has 0 bridgehead atoms. The molecule has 0 N–H and O–H groups in total. The van der Waals surface area contributed by atoms with Crippen LogP contribution < -0.4 is 0 Å². The quantitative estimate of drug-likeness (QED) is 0.418. The van der Waals surface area contributed by atoms with Crippen molar-refractivity contribution in [3.8, 4) is 0 Å². The molecule has 1 rings (SSSR count). The van der Waals surface area contributed by atoms with E-state index in [9.17, 15) is 4.79 Å². The van der Waals surface area contributed by atoms with E-state index < -0.39 is 0 Å². The van der Waals surface area contributed by atoms with Crippen LogP contribution in [0, 0.1) is 11.8 Å². The number of hydrogen-bond donors (Lipinski definition) is 0. The molecule has 0 amide bonds. The van der Waals surface area contributed by atoms with Crippen LogP contribution in [0.15, 0.2) is 9.19 Å². The fraction of sp³-hybridized carbons (Fsp3) is 0.769. The summed E-state index contributed by atoms with van der Waals surface area (Å²) in [4.78, 5) is 11.5.